The van der Waals surface area contributed by atoms with Crippen molar-refractivity contribution in [2.24, 2.45) is 5.92 Å². The zero-order chi connectivity index (χ0) is 26.9. The van der Waals surface area contributed by atoms with Crippen LogP contribution in [0.5, 0.6) is 0 Å². The molecule has 2 heterocycles. The largest absolute Gasteiger partial charge is 0.416 e. The van der Waals surface area contributed by atoms with E-state index >= 15 is 0 Å². The number of rotatable bonds is 7. The van der Waals surface area contributed by atoms with Gasteiger partial charge in [0.1, 0.15) is 6.04 Å². The van der Waals surface area contributed by atoms with E-state index in [4.69, 9.17) is 0 Å². The minimum atomic E-state index is -4.68. The van der Waals surface area contributed by atoms with Gasteiger partial charge in [-0.25, -0.2) is 4.79 Å². The first kappa shape index (κ1) is 26.2. The highest BCUT2D eigenvalue weighted by Crippen LogP contribution is 2.41. The van der Waals surface area contributed by atoms with Gasteiger partial charge in [0.25, 0.3) is 5.91 Å². The van der Waals surface area contributed by atoms with Gasteiger partial charge >= 0.3 is 12.2 Å². The molecule has 0 aliphatic carbocycles. The van der Waals surface area contributed by atoms with Gasteiger partial charge in [0, 0.05) is 20.0 Å². The highest BCUT2D eigenvalue weighted by atomic mass is 19.4. The fourth-order valence-electron chi connectivity index (χ4n) is 4.68. The van der Waals surface area contributed by atoms with Gasteiger partial charge < -0.3 is 15.5 Å². The Morgan fingerprint density at radius 2 is 1.73 bits per heavy atom. The number of alkyl halides is 3. The molecule has 2 aromatic carbocycles. The maximum Gasteiger partial charge on any atom is 0.416 e. The molecule has 0 spiro atoms. The van der Waals surface area contributed by atoms with Crippen LogP contribution < -0.4 is 10.6 Å². The summed E-state index contributed by atoms with van der Waals surface area (Å²) in [4.78, 5) is 42.5. The average Bonchev–Trinajstić information content (AvgIpc) is 3.20. The number of likely N-dealkylation sites (N-methyl/N-ethyl adjacent to an activating group) is 1. The van der Waals surface area contributed by atoms with Crippen LogP contribution in [0.3, 0.4) is 0 Å². The summed E-state index contributed by atoms with van der Waals surface area (Å²) >= 11 is 0. The number of urea groups is 1. The maximum absolute atomic E-state index is 13.8. The smallest absolute Gasteiger partial charge is 0.354 e. The Morgan fingerprint density at radius 3 is 2.38 bits per heavy atom. The number of hydrogen-bond donors (Lipinski definition) is 2. The number of nitrogens with zero attached hydrogens (tertiary/aromatic N) is 2. The summed E-state index contributed by atoms with van der Waals surface area (Å²) in [6.45, 7) is 4.22. The minimum absolute atomic E-state index is 0.0357. The highest BCUT2D eigenvalue weighted by Gasteiger charge is 2.48. The van der Waals surface area contributed by atoms with Crippen LogP contribution in [0.4, 0.5) is 18.0 Å². The van der Waals surface area contributed by atoms with Crippen LogP contribution in [0.2, 0.25) is 0 Å². The monoisotopic (exact) mass is 514 g/mol. The number of amides is 4. The number of benzene rings is 2. The first-order valence-electron chi connectivity index (χ1n) is 12.0. The predicted molar refractivity (Wildman–Crippen MR) is 131 cm³/mol. The van der Waals surface area contributed by atoms with Crippen molar-refractivity contribution in [2.45, 2.75) is 38.5 Å². The number of halogens is 3. The zero-order valence-corrected chi connectivity index (χ0v) is 20.8. The molecule has 2 unspecified atom stereocenters. The Bertz CT molecular complexity index is 1230. The van der Waals surface area contributed by atoms with Crippen LogP contribution in [0.25, 0.3) is 0 Å². The van der Waals surface area contributed by atoms with Gasteiger partial charge in [0.2, 0.25) is 5.91 Å². The Morgan fingerprint density at radius 1 is 1.08 bits per heavy atom. The van der Waals surface area contributed by atoms with Crippen LogP contribution >= 0.6 is 0 Å². The second kappa shape index (κ2) is 10.3. The third-order valence-corrected chi connectivity index (χ3v) is 6.60. The van der Waals surface area contributed by atoms with E-state index in [2.05, 4.69) is 10.6 Å². The van der Waals surface area contributed by atoms with Crippen molar-refractivity contribution in [1.82, 2.24) is 20.4 Å². The van der Waals surface area contributed by atoms with E-state index in [-0.39, 0.29) is 41.6 Å². The number of carbonyl (C=O) groups excluding carboxylic acids is 3. The lowest BCUT2D eigenvalue weighted by atomic mass is 9.91. The molecular formula is C27H29F3N4O3. The average molecular weight is 515 g/mol. The summed E-state index contributed by atoms with van der Waals surface area (Å²) in [6, 6.07) is 11.2. The van der Waals surface area contributed by atoms with E-state index in [0.29, 0.717) is 6.54 Å². The second-order valence-corrected chi connectivity index (χ2v) is 9.66. The van der Waals surface area contributed by atoms with E-state index in [9.17, 15) is 27.6 Å². The second-order valence-electron chi connectivity index (χ2n) is 9.66. The molecule has 2 aromatic rings. The minimum Gasteiger partial charge on any atom is -0.354 e. The summed E-state index contributed by atoms with van der Waals surface area (Å²) < 4.78 is 41.5. The van der Waals surface area contributed by atoms with Gasteiger partial charge in [-0.05, 0) is 23.1 Å². The number of hydrogen-bond acceptors (Lipinski definition) is 3. The Hall–Kier alpha value is -3.82. The van der Waals surface area contributed by atoms with Crippen LogP contribution in [0.1, 0.15) is 36.6 Å². The van der Waals surface area contributed by atoms with Crippen LogP contribution in [0, 0.1) is 5.92 Å². The zero-order valence-electron chi connectivity index (χ0n) is 20.8. The summed E-state index contributed by atoms with van der Waals surface area (Å²) in [6.07, 6.45) is -4.47. The Labute approximate surface area is 213 Å². The van der Waals surface area contributed by atoms with Crippen molar-refractivity contribution in [1.29, 1.82) is 0 Å². The molecule has 0 saturated heterocycles. The van der Waals surface area contributed by atoms with E-state index in [1.54, 1.807) is 0 Å². The summed E-state index contributed by atoms with van der Waals surface area (Å²) in [5.41, 5.74) is -0.00755. The van der Waals surface area contributed by atoms with Gasteiger partial charge in [0.15, 0.2) is 0 Å². The molecule has 2 atom stereocenters. The van der Waals surface area contributed by atoms with Crippen molar-refractivity contribution in [3.63, 3.8) is 0 Å². The highest BCUT2D eigenvalue weighted by molar-refractivity contribution is 6.03. The lowest BCUT2D eigenvalue weighted by Crippen LogP contribution is -2.50. The van der Waals surface area contributed by atoms with Gasteiger partial charge in [-0.2, -0.15) is 13.2 Å². The molecule has 0 bridgehead atoms. The van der Waals surface area contributed by atoms with E-state index in [1.807, 2.05) is 44.2 Å². The fraction of sp³-hybridized carbons (Fsp3) is 0.370. The standard InChI is InChI=1S/C27H29F3N4O3/c1-16(2)14-31-24(35)20(13-17-9-5-4-6-10-17)34-15-21-22(25(34)36)23(32-26(37)33(21)3)18-11-7-8-12-19(18)27(28,29)30/h4-12,16,20,23H,13-15H2,1-3H3,(H,31,35)(H,32,37). The lowest BCUT2D eigenvalue weighted by molar-refractivity contribution is -0.138. The molecule has 2 aliphatic heterocycles. The topological polar surface area (TPSA) is 81.8 Å². The third kappa shape index (κ3) is 5.33. The fourth-order valence-corrected chi connectivity index (χ4v) is 4.68. The Balaban J connectivity index is 1.73. The molecule has 0 radical (unpaired) electrons. The van der Waals surface area contributed by atoms with Crippen molar-refractivity contribution >= 4 is 17.8 Å². The molecule has 4 amide bonds. The molecule has 2 N–H and O–H groups in total. The van der Waals surface area contributed by atoms with Crippen molar-refractivity contribution < 1.29 is 27.6 Å². The van der Waals surface area contributed by atoms with Gasteiger partial charge in [-0.15, -0.1) is 0 Å². The first-order chi connectivity index (χ1) is 17.5. The third-order valence-electron chi connectivity index (χ3n) is 6.60. The summed E-state index contributed by atoms with van der Waals surface area (Å²) in [5, 5.41) is 5.43. The lowest BCUT2D eigenvalue weighted by Gasteiger charge is -2.32. The quantitative estimate of drug-likeness (QED) is 0.589. The Kier molecular flexibility index (Phi) is 7.29. The first-order valence-corrected chi connectivity index (χ1v) is 12.0. The molecule has 196 valence electrons. The van der Waals surface area contributed by atoms with Gasteiger partial charge in [-0.3, -0.25) is 14.5 Å². The molecule has 4 rings (SSSR count). The van der Waals surface area contributed by atoms with Gasteiger partial charge in [0.05, 0.1) is 29.4 Å². The van der Waals surface area contributed by atoms with Crippen LogP contribution in [-0.4, -0.2) is 53.8 Å². The van der Waals surface area contributed by atoms with Crippen molar-refractivity contribution in [3.05, 3.63) is 82.6 Å². The normalized spacial score (nSPS) is 18.7. The number of nitrogens with one attached hydrogen (secondary N) is 2. The van der Waals surface area contributed by atoms with Gasteiger partial charge in [-0.1, -0.05) is 62.4 Å². The van der Waals surface area contributed by atoms with E-state index in [0.717, 1.165) is 11.6 Å². The van der Waals surface area contributed by atoms with E-state index in [1.165, 1.54) is 35.0 Å². The van der Waals surface area contributed by atoms with E-state index < -0.39 is 35.8 Å². The van der Waals surface area contributed by atoms with Crippen LogP contribution in [-0.2, 0) is 22.2 Å². The molecule has 7 nitrogen and oxygen atoms in total. The molecule has 37 heavy (non-hydrogen) atoms. The maximum atomic E-state index is 13.8. The summed E-state index contributed by atoms with van der Waals surface area (Å²) in [7, 11) is 1.46. The molecule has 0 aromatic heterocycles. The predicted octanol–water partition coefficient (Wildman–Crippen LogP) is 3.88. The van der Waals surface area contributed by atoms with Crippen LogP contribution in [0.15, 0.2) is 65.9 Å². The molecule has 2 aliphatic rings. The molecule has 0 saturated carbocycles. The molecular weight excluding hydrogens is 485 g/mol. The summed E-state index contributed by atoms with van der Waals surface area (Å²) in [5.74, 6) is -0.762. The van der Waals surface area contributed by atoms with Crippen molar-refractivity contribution in [2.75, 3.05) is 20.1 Å². The SMILES string of the molecule is CC(C)CNC(=O)C(Cc1ccccc1)N1CC2=C(C1=O)C(c1ccccc1C(F)(F)F)NC(=O)N2C. The molecule has 0 fully saturated rings. The van der Waals surface area contributed by atoms with Crippen molar-refractivity contribution in [3.8, 4) is 0 Å². The molecule has 10 heteroatoms. The number of carbonyl (C=O) groups is 3.